The van der Waals surface area contributed by atoms with Crippen LogP contribution in [0.4, 0.5) is 5.69 Å². The molecule has 0 aliphatic carbocycles. The molecule has 3 aromatic rings. The second-order valence-corrected chi connectivity index (χ2v) is 6.64. The minimum Gasteiger partial charge on any atom is -0.321 e. The minimum absolute atomic E-state index is 0.261. The van der Waals surface area contributed by atoms with Crippen molar-refractivity contribution in [3.8, 4) is 0 Å². The van der Waals surface area contributed by atoms with Crippen molar-refractivity contribution in [1.82, 2.24) is 10.3 Å². The lowest BCUT2D eigenvalue weighted by Crippen LogP contribution is -2.14. The number of anilines is 1. The molecule has 0 spiro atoms. The Morgan fingerprint density at radius 1 is 1.16 bits per heavy atom. The Bertz CT molecular complexity index is 918. The molecule has 2 aromatic carbocycles. The van der Waals surface area contributed by atoms with Crippen molar-refractivity contribution in [2.24, 2.45) is 0 Å². The van der Waals surface area contributed by atoms with E-state index in [9.17, 15) is 4.79 Å². The van der Waals surface area contributed by atoms with Gasteiger partial charge in [-0.1, -0.05) is 48.0 Å². The average Bonchev–Trinajstić information content (AvgIpc) is 3.17. The van der Waals surface area contributed by atoms with E-state index in [2.05, 4.69) is 27.8 Å². The van der Waals surface area contributed by atoms with Crippen molar-refractivity contribution < 1.29 is 4.79 Å². The first-order valence-electron chi connectivity index (χ1n) is 8.38. The minimum atomic E-state index is -0.261. The molecule has 4 rings (SSSR count). The predicted molar refractivity (Wildman–Crippen MR) is 101 cm³/mol. The molecule has 4 nitrogen and oxygen atoms in total. The summed E-state index contributed by atoms with van der Waals surface area (Å²) in [6.07, 6.45) is 1.16. The van der Waals surface area contributed by atoms with Gasteiger partial charge in [0.15, 0.2) is 0 Å². The Morgan fingerprint density at radius 2 is 1.96 bits per heavy atom. The fourth-order valence-electron chi connectivity index (χ4n) is 3.25. The number of hydrogen-bond acceptors (Lipinski definition) is 3. The van der Waals surface area contributed by atoms with Crippen LogP contribution >= 0.6 is 11.6 Å². The van der Waals surface area contributed by atoms with E-state index < -0.39 is 0 Å². The standard InChI is InChI=1S/C20H18ClN3O/c21-19-17-4-2-1-3-14(17)11-18(24-19)20(25)23-16-7-5-13(6-8-16)15-9-10-22-12-15/h1-8,11,15,22H,9-10,12H2,(H,23,25). The van der Waals surface area contributed by atoms with Crippen molar-refractivity contribution >= 4 is 34.0 Å². The molecule has 2 heterocycles. The van der Waals surface area contributed by atoms with E-state index in [1.54, 1.807) is 6.07 Å². The van der Waals surface area contributed by atoms with E-state index >= 15 is 0 Å². The predicted octanol–water partition coefficient (Wildman–Crippen LogP) is 4.22. The molecule has 0 saturated carbocycles. The molecule has 1 saturated heterocycles. The van der Waals surface area contributed by atoms with Crippen molar-refractivity contribution in [3.05, 3.63) is 71.0 Å². The summed E-state index contributed by atoms with van der Waals surface area (Å²) in [6.45, 7) is 2.09. The molecule has 126 valence electrons. The lowest BCUT2D eigenvalue weighted by Gasteiger charge is -2.11. The number of pyridine rings is 1. The molecule has 25 heavy (non-hydrogen) atoms. The van der Waals surface area contributed by atoms with Crippen molar-refractivity contribution in [1.29, 1.82) is 0 Å². The third kappa shape index (κ3) is 3.36. The molecular weight excluding hydrogens is 334 g/mol. The van der Waals surface area contributed by atoms with Gasteiger partial charge in [-0.05, 0) is 48.0 Å². The number of nitrogens with one attached hydrogen (secondary N) is 2. The molecule has 1 aromatic heterocycles. The molecule has 0 radical (unpaired) electrons. The average molecular weight is 352 g/mol. The van der Waals surface area contributed by atoms with Crippen LogP contribution in [0, 0.1) is 0 Å². The molecule has 1 aliphatic rings. The van der Waals surface area contributed by atoms with Crippen LogP contribution < -0.4 is 10.6 Å². The highest BCUT2D eigenvalue weighted by molar-refractivity contribution is 6.34. The Balaban J connectivity index is 1.53. The van der Waals surface area contributed by atoms with Gasteiger partial charge in [0.05, 0.1) is 0 Å². The maximum atomic E-state index is 12.5. The van der Waals surface area contributed by atoms with Gasteiger partial charge in [0.2, 0.25) is 0 Å². The molecule has 1 unspecified atom stereocenters. The van der Waals surface area contributed by atoms with Gasteiger partial charge in [-0.3, -0.25) is 4.79 Å². The summed E-state index contributed by atoms with van der Waals surface area (Å²) >= 11 is 6.21. The molecule has 5 heteroatoms. The van der Waals surface area contributed by atoms with Gasteiger partial charge in [-0.15, -0.1) is 0 Å². The summed E-state index contributed by atoms with van der Waals surface area (Å²) in [5.74, 6) is 0.300. The highest BCUT2D eigenvalue weighted by atomic mass is 35.5. The smallest absolute Gasteiger partial charge is 0.274 e. The molecule has 1 atom stereocenters. The number of nitrogens with zero attached hydrogens (tertiary/aromatic N) is 1. The normalized spacial score (nSPS) is 16.9. The molecule has 1 aliphatic heterocycles. The summed E-state index contributed by atoms with van der Waals surface area (Å²) < 4.78 is 0. The largest absolute Gasteiger partial charge is 0.321 e. The van der Waals surface area contributed by atoms with Gasteiger partial charge in [0.1, 0.15) is 10.8 Å². The van der Waals surface area contributed by atoms with Crippen molar-refractivity contribution in [3.63, 3.8) is 0 Å². The maximum Gasteiger partial charge on any atom is 0.274 e. The van der Waals surface area contributed by atoms with Gasteiger partial charge in [0, 0.05) is 17.6 Å². The van der Waals surface area contributed by atoms with Crippen LogP contribution in [-0.4, -0.2) is 24.0 Å². The van der Waals surface area contributed by atoms with Crippen LogP contribution in [0.2, 0.25) is 5.15 Å². The van der Waals surface area contributed by atoms with Gasteiger partial charge in [-0.25, -0.2) is 4.98 Å². The fourth-order valence-corrected chi connectivity index (χ4v) is 3.51. The SMILES string of the molecule is O=C(Nc1ccc(C2CCNC2)cc1)c1cc2ccccc2c(Cl)n1. The lowest BCUT2D eigenvalue weighted by atomic mass is 9.98. The number of carbonyl (C=O) groups excluding carboxylic acids is 1. The maximum absolute atomic E-state index is 12.5. The zero-order chi connectivity index (χ0) is 17.2. The number of carbonyl (C=O) groups is 1. The monoisotopic (exact) mass is 351 g/mol. The van der Waals surface area contributed by atoms with Gasteiger partial charge < -0.3 is 10.6 Å². The van der Waals surface area contributed by atoms with Crippen LogP contribution in [0.15, 0.2) is 54.6 Å². The van der Waals surface area contributed by atoms with Crippen LogP contribution in [0.1, 0.15) is 28.4 Å². The summed E-state index contributed by atoms with van der Waals surface area (Å²) in [7, 11) is 0. The van der Waals surface area contributed by atoms with Gasteiger partial charge in [-0.2, -0.15) is 0 Å². The number of rotatable bonds is 3. The van der Waals surface area contributed by atoms with Crippen LogP contribution in [0.5, 0.6) is 0 Å². The van der Waals surface area contributed by atoms with E-state index in [4.69, 9.17) is 11.6 Å². The number of benzene rings is 2. The van der Waals surface area contributed by atoms with Crippen LogP contribution in [0.3, 0.4) is 0 Å². The third-order valence-corrected chi connectivity index (χ3v) is 4.91. The van der Waals surface area contributed by atoms with E-state index in [-0.39, 0.29) is 5.91 Å². The zero-order valence-corrected chi connectivity index (χ0v) is 14.4. The zero-order valence-electron chi connectivity index (χ0n) is 13.6. The van der Waals surface area contributed by atoms with Crippen molar-refractivity contribution in [2.75, 3.05) is 18.4 Å². The molecule has 1 amide bonds. The quantitative estimate of drug-likeness (QED) is 0.695. The molecule has 1 fully saturated rings. The number of aromatic nitrogens is 1. The van der Waals surface area contributed by atoms with E-state index in [0.717, 1.165) is 36.0 Å². The van der Waals surface area contributed by atoms with Gasteiger partial charge >= 0.3 is 0 Å². The second-order valence-electron chi connectivity index (χ2n) is 6.29. The summed E-state index contributed by atoms with van der Waals surface area (Å²) in [5.41, 5.74) is 2.37. The van der Waals surface area contributed by atoms with Crippen LogP contribution in [-0.2, 0) is 0 Å². The second kappa shape index (κ2) is 6.82. The summed E-state index contributed by atoms with van der Waals surface area (Å²) in [6, 6.07) is 17.4. The van der Waals surface area contributed by atoms with E-state index in [0.29, 0.717) is 16.8 Å². The number of hydrogen-bond donors (Lipinski definition) is 2. The first-order valence-corrected chi connectivity index (χ1v) is 8.76. The first kappa shape index (κ1) is 16.1. The number of amides is 1. The Kier molecular flexibility index (Phi) is 4.38. The number of halogens is 1. The van der Waals surface area contributed by atoms with E-state index in [1.807, 2.05) is 36.4 Å². The highest BCUT2D eigenvalue weighted by Gasteiger charge is 2.16. The first-order chi connectivity index (χ1) is 12.2. The van der Waals surface area contributed by atoms with E-state index in [1.165, 1.54) is 5.56 Å². The molecular formula is C20H18ClN3O. The number of fused-ring (bicyclic) bond motifs is 1. The van der Waals surface area contributed by atoms with Crippen LogP contribution in [0.25, 0.3) is 10.8 Å². The van der Waals surface area contributed by atoms with Crippen molar-refractivity contribution in [2.45, 2.75) is 12.3 Å². The fraction of sp³-hybridized carbons (Fsp3) is 0.200. The summed E-state index contributed by atoms with van der Waals surface area (Å²) in [5, 5.41) is 8.34. The Morgan fingerprint density at radius 3 is 2.72 bits per heavy atom. The Labute approximate surface area is 151 Å². The summed E-state index contributed by atoms with van der Waals surface area (Å²) in [4.78, 5) is 16.7. The lowest BCUT2D eigenvalue weighted by molar-refractivity contribution is 0.102. The molecule has 0 bridgehead atoms. The molecule has 2 N–H and O–H groups in total. The van der Waals surface area contributed by atoms with Gasteiger partial charge in [0.25, 0.3) is 5.91 Å². The topological polar surface area (TPSA) is 54.0 Å². The Hall–Kier alpha value is -2.43. The highest BCUT2D eigenvalue weighted by Crippen LogP contribution is 2.25. The third-order valence-electron chi connectivity index (χ3n) is 4.63.